The van der Waals surface area contributed by atoms with Crippen LogP contribution in [0.4, 0.5) is 10.5 Å². The van der Waals surface area contributed by atoms with Crippen molar-refractivity contribution in [2.45, 2.75) is 84.0 Å². The summed E-state index contributed by atoms with van der Waals surface area (Å²) in [6.45, 7) is 8.30. The Hall–Kier alpha value is -4.86. The van der Waals surface area contributed by atoms with Crippen LogP contribution < -0.4 is 43.7 Å². The zero-order chi connectivity index (χ0) is 33.9. The zero-order valence-electron chi connectivity index (χ0n) is 26.4. The fourth-order valence-corrected chi connectivity index (χ4v) is 4.11. The first kappa shape index (κ1) is 39.2. The Morgan fingerprint density at radius 1 is 0.957 bits per heavy atom. The Labute approximate surface area is 272 Å². The average Bonchev–Trinajstić information content (AvgIpc) is 2.90. The first-order valence-corrected chi connectivity index (χ1v) is 14.3. The summed E-state index contributed by atoms with van der Waals surface area (Å²) in [5, 5.41) is 20.8. The van der Waals surface area contributed by atoms with Gasteiger partial charge >= 0.3 is 11.7 Å². The third-order valence-electron chi connectivity index (χ3n) is 6.28. The molecular weight excluding hydrogens is 624 g/mol. The van der Waals surface area contributed by atoms with Gasteiger partial charge in [-0.3, -0.25) is 24.6 Å². The number of guanidine groups is 1. The van der Waals surface area contributed by atoms with Crippen molar-refractivity contribution in [3.8, 4) is 0 Å². The molecule has 0 spiro atoms. The van der Waals surface area contributed by atoms with Crippen LogP contribution in [-0.2, 0) is 23.9 Å². The second-order valence-corrected chi connectivity index (χ2v) is 11.4. The highest BCUT2D eigenvalue weighted by Crippen LogP contribution is 2.21. The lowest BCUT2D eigenvalue weighted by molar-refractivity contribution is -0.131. The molecule has 0 saturated heterocycles. The van der Waals surface area contributed by atoms with E-state index in [9.17, 15) is 28.8 Å². The monoisotopic (exact) mass is 666 g/mol. The van der Waals surface area contributed by atoms with E-state index < -0.39 is 59.1 Å². The molecule has 0 saturated carbocycles. The molecule has 0 fully saturated rings. The van der Waals surface area contributed by atoms with Gasteiger partial charge in [0.15, 0.2) is 5.96 Å². The number of rotatable bonds is 14. The van der Waals surface area contributed by atoms with E-state index in [-0.39, 0.29) is 49.8 Å². The minimum atomic E-state index is -1.24. The Balaban J connectivity index is 0.0000106. The van der Waals surface area contributed by atoms with Gasteiger partial charge < -0.3 is 47.2 Å². The number of nitrogens with one attached hydrogen (secondary N) is 6. The quantitative estimate of drug-likeness (QED) is 0.0610. The number of hydrogen-bond donors (Lipinski definition) is 8. The Bertz CT molecular complexity index is 1490. The number of nitrogens with two attached hydrogens (primary N) is 2. The summed E-state index contributed by atoms with van der Waals surface area (Å²) < 4.78 is 10.4. The first-order valence-electron chi connectivity index (χ1n) is 14.3. The predicted molar refractivity (Wildman–Crippen MR) is 173 cm³/mol. The molecule has 5 amide bonds. The molecule has 0 aliphatic carbocycles. The molecule has 0 bridgehead atoms. The highest BCUT2D eigenvalue weighted by Gasteiger charge is 2.29. The number of anilines is 1. The maximum absolute atomic E-state index is 13.3. The number of hydrogen-bond acceptors (Lipinski definition) is 9. The molecule has 1 heterocycles. The second-order valence-electron chi connectivity index (χ2n) is 11.4. The number of ether oxygens (including phenoxy) is 1. The number of fused-ring (bicyclic) bond motifs is 1. The van der Waals surface area contributed by atoms with Gasteiger partial charge in [0.1, 0.15) is 29.3 Å². The van der Waals surface area contributed by atoms with Crippen molar-refractivity contribution in [2.24, 2.45) is 11.5 Å². The lowest BCUT2D eigenvalue weighted by Gasteiger charge is -2.25. The van der Waals surface area contributed by atoms with E-state index in [1.54, 1.807) is 39.8 Å². The summed E-state index contributed by atoms with van der Waals surface area (Å²) in [5.74, 6) is -3.03. The summed E-state index contributed by atoms with van der Waals surface area (Å²) in [6.07, 6.45) is -0.804. The molecule has 1 aromatic carbocycles. The van der Waals surface area contributed by atoms with Gasteiger partial charge in [-0.1, -0.05) is 0 Å². The van der Waals surface area contributed by atoms with E-state index in [1.165, 1.54) is 19.1 Å². The summed E-state index contributed by atoms with van der Waals surface area (Å²) in [6, 6.07) is 2.66. The van der Waals surface area contributed by atoms with Gasteiger partial charge in [-0.15, -0.1) is 12.4 Å². The third-order valence-corrected chi connectivity index (χ3v) is 6.28. The SMILES string of the molecule is Cc1cc(=O)oc2cc(NC(=O)[C@H](CCCNC(=N)N)NC(=O)[C@H](C)NC(=O)[C@H](CCC(N)=O)NC(=O)OC(C)(C)C)ccc12.Cl. The minimum Gasteiger partial charge on any atom is -0.444 e. The highest BCUT2D eigenvalue weighted by molar-refractivity contribution is 6.00. The van der Waals surface area contributed by atoms with Crippen LogP contribution in [0.1, 0.15) is 58.9 Å². The molecule has 2 rings (SSSR count). The van der Waals surface area contributed by atoms with Crippen molar-refractivity contribution in [2.75, 3.05) is 11.9 Å². The van der Waals surface area contributed by atoms with Gasteiger partial charge in [-0.25, -0.2) is 9.59 Å². The van der Waals surface area contributed by atoms with Gasteiger partial charge in [0.25, 0.3) is 0 Å². The minimum absolute atomic E-state index is 0. The van der Waals surface area contributed by atoms with Gasteiger partial charge in [-0.05, 0) is 71.6 Å². The Kier molecular flexibility index (Phi) is 15.0. The van der Waals surface area contributed by atoms with Crippen molar-refractivity contribution in [1.82, 2.24) is 21.3 Å². The number of carbonyl (C=O) groups is 5. The molecule has 46 heavy (non-hydrogen) atoms. The summed E-state index contributed by atoms with van der Waals surface area (Å²) in [5.41, 5.74) is 10.4. The fraction of sp³-hybridized carbons (Fsp3) is 0.483. The van der Waals surface area contributed by atoms with Crippen molar-refractivity contribution in [3.05, 3.63) is 40.2 Å². The van der Waals surface area contributed by atoms with Crippen LogP contribution in [0.3, 0.4) is 0 Å². The summed E-state index contributed by atoms with van der Waals surface area (Å²) >= 11 is 0. The smallest absolute Gasteiger partial charge is 0.408 e. The predicted octanol–water partition coefficient (Wildman–Crippen LogP) is 0.873. The molecule has 3 atom stereocenters. The van der Waals surface area contributed by atoms with E-state index in [4.69, 9.17) is 26.0 Å². The molecule has 0 unspecified atom stereocenters. The number of amides is 5. The lowest BCUT2D eigenvalue weighted by Crippen LogP contribution is -2.55. The fourth-order valence-electron chi connectivity index (χ4n) is 4.11. The molecule has 0 aliphatic rings. The molecule has 0 radical (unpaired) electrons. The van der Waals surface area contributed by atoms with Gasteiger partial charge in [0.2, 0.25) is 23.6 Å². The van der Waals surface area contributed by atoms with E-state index in [1.807, 2.05) is 0 Å². The lowest BCUT2D eigenvalue weighted by atomic mass is 10.1. The number of halogens is 1. The number of primary amides is 1. The van der Waals surface area contributed by atoms with E-state index in [2.05, 4.69) is 26.6 Å². The normalized spacial score (nSPS) is 12.8. The van der Waals surface area contributed by atoms with Crippen molar-refractivity contribution in [1.29, 1.82) is 5.41 Å². The maximum atomic E-state index is 13.3. The van der Waals surface area contributed by atoms with Gasteiger partial charge in [-0.2, -0.15) is 0 Å². The van der Waals surface area contributed by atoms with Crippen molar-refractivity contribution in [3.63, 3.8) is 0 Å². The topological polar surface area (TPSA) is 261 Å². The largest absolute Gasteiger partial charge is 0.444 e. The van der Waals surface area contributed by atoms with Crippen LogP contribution >= 0.6 is 12.4 Å². The van der Waals surface area contributed by atoms with Crippen molar-refractivity contribution < 1.29 is 33.1 Å². The third kappa shape index (κ3) is 13.4. The summed E-state index contributed by atoms with van der Waals surface area (Å²) in [4.78, 5) is 74.8. The molecule has 0 aliphatic heterocycles. The zero-order valence-corrected chi connectivity index (χ0v) is 27.2. The van der Waals surface area contributed by atoms with Crippen molar-refractivity contribution >= 4 is 64.7 Å². The van der Waals surface area contributed by atoms with E-state index in [0.717, 1.165) is 0 Å². The number of alkyl carbamates (subject to hydrolysis) is 1. The average molecular weight is 667 g/mol. The molecule has 16 nitrogen and oxygen atoms in total. The van der Waals surface area contributed by atoms with Gasteiger partial charge in [0, 0.05) is 36.2 Å². The van der Waals surface area contributed by atoms with Crippen LogP contribution in [0.2, 0.25) is 0 Å². The molecular formula is C29H43ClN8O8. The molecule has 2 aromatic rings. The van der Waals surface area contributed by atoms with Crippen LogP contribution in [0.5, 0.6) is 0 Å². The van der Waals surface area contributed by atoms with Crippen LogP contribution in [0.15, 0.2) is 33.5 Å². The van der Waals surface area contributed by atoms with Crippen LogP contribution in [0.25, 0.3) is 11.0 Å². The Morgan fingerprint density at radius 3 is 2.22 bits per heavy atom. The molecule has 10 N–H and O–H groups in total. The van der Waals surface area contributed by atoms with Crippen LogP contribution in [-0.4, -0.2) is 66.0 Å². The van der Waals surface area contributed by atoms with Gasteiger partial charge in [0.05, 0.1) is 0 Å². The Morgan fingerprint density at radius 2 is 1.61 bits per heavy atom. The maximum Gasteiger partial charge on any atom is 0.408 e. The highest BCUT2D eigenvalue weighted by atomic mass is 35.5. The molecule has 1 aromatic heterocycles. The molecule has 17 heteroatoms. The summed E-state index contributed by atoms with van der Waals surface area (Å²) in [7, 11) is 0. The second kappa shape index (κ2) is 17.6. The molecule has 254 valence electrons. The number of aryl methyl sites for hydroxylation is 1. The number of benzene rings is 1. The number of carbonyl (C=O) groups excluding carboxylic acids is 5. The first-order chi connectivity index (χ1) is 20.9. The van der Waals surface area contributed by atoms with E-state index >= 15 is 0 Å². The van der Waals surface area contributed by atoms with Crippen LogP contribution in [0, 0.1) is 12.3 Å². The van der Waals surface area contributed by atoms with E-state index in [0.29, 0.717) is 23.1 Å². The standard InChI is InChI=1S/C29H42N8O8.ClH/c1-15-13-23(39)44-21-14-17(8-9-18(15)21)35-26(42)19(7-6-12-33-27(31)32)36-24(40)16(2)34-25(41)20(10-11-22(30)38)37-28(43)45-29(3,4)5;/h8-9,13-14,16,19-20H,6-7,10-12H2,1-5H3,(H2,30,38)(H,34,41)(H,35,42)(H,36,40)(H,37,43)(H4,31,32,33);1H/t16-,19-,20-;/m0./s1.